The number of allylic oxidation sites excluding steroid dienone is 2. The maximum atomic E-state index is 15.1. The zero-order valence-electron chi connectivity index (χ0n) is 38.4. The van der Waals surface area contributed by atoms with E-state index in [1.165, 1.54) is 0 Å². The summed E-state index contributed by atoms with van der Waals surface area (Å²) in [5, 5.41) is 43.6. The zero-order valence-corrected chi connectivity index (χ0v) is 38.4. The molecule has 1 heterocycles. The van der Waals surface area contributed by atoms with Gasteiger partial charge in [0.1, 0.15) is 5.60 Å². The van der Waals surface area contributed by atoms with E-state index in [2.05, 4.69) is 58.0 Å². The van der Waals surface area contributed by atoms with Crippen LogP contribution in [-0.4, -0.2) is 72.8 Å². The van der Waals surface area contributed by atoms with Crippen LogP contribution in [0.3, 0.4) is 0 Å². The molecule has 1 aliphatic heterocycles. The Morgan fingerprint density at radius 1 is 0.984 bits per heavy atom. The first kappa shape index (κ1) is 46.7. The molecule has 11 heteroatoms. The topological polar surface area (TPSA) is 154 Å². The number of nitrogens with one attached hydrogen (secondary N) is 3. The van der Waals surface area contributed by atoms with E-state index in [4.69, 9.17) is 14.2 Å². The number of aliphatic hydroxyl groups is 1. The highest BCUT2D eigenvalue weighted by Gasteiger charge is 2.49. The van der Waals surface area contributed by atoms with Gasteiger partial charge >= 0.3 is 0 Å². The van der Waals surface area contributed by atoms with Gasteiger partial charge < -0.3 is 40.2 Å². The van der Waals surface area contributed by atoms with Gasteiger partial charge in [-0.2, -0.15) is 0 Å². The van der Waals surface area contributed by atoms with Crippen LogP contribution >= 0.6 is 0 Å². The molecule has 0 amide bonds. The van der Waals surface area contributed by atoms with Gasteiger partial charge in [0.15, 0.2) is 35.1 Å². The molecule has 63 heavy (non-hydrogen) atoms. The molecular weight excluding hydrogens is 793 g/mol. The van der Waals surface area contributed by atoms with Crippen LogP contribution in [0.2, 0.25) is 0 Å². The lowest BCUT2D eigenvalue weighted by molar-refractivity contribution is -0.143. The zero-order chi connectivity index (χ0) is 44.5. The molecule has 344 valence electrons. The van der Waals surface area contributed by atoms with E-state index in [9.17, 15) is 15.3 Å². The summed E-state index contributed by atoms with van der Waals surface area (Å²) in [5.74, 6) is 5.12. The lowest BCUT2D eigenvalue weighted by Crippen LogP contribution is -2.43. The van der Waals surface area contributed by atoms with Crippen molar-refractivity contribution in [1.82, 2.24) is 10.6 Å². The number of ketones is 1. The number of methoxy groups -OCH3 is 1. The number of phenolic OH excluding ortho intramolecular Hbond substituents is 2. The van der Waals surface area contributed by atoms with Crippen LogP contribution in [0.4, 0.5) is 5.69 Å². The number of hydrogen-bond donors (Lipinski definition) is 6. The molecule has 0 unspecified atom stereocenters. The number of benzene rings is 2. The molecule has 5 aliphatic rings. The summed E-state index contributed by atoms with van der Waals surface area (Å²) in [6.45, 7) is 2.82. The van der Waals surface area contributed by atoms with Crippen molar-refractivity contribution < 1.29 is 34.3 Å². The van der Waals surface area contributed by atoms with Crippen molar-refractivity contribution in [1.29, 1.82) is 0 Å². The Hall–Kier alpha value is -4.24. The second-order valence-corrected chi connectivity index (χ2v) is 19.5. The van der Waals surface area contributed by atoms with Gasteiger partial charge in [0.05, 0.1) is 18.9 Å². The van der Waals surface area contributed by atoms with Gasteiger partial charge in [0.2, 0.25) is 5.96 Å². The first-order valence-electron chi connectivity index (χ1n) is 24.2. The fraction of sp³-hybridized carbons (Fsp3) is 0.654. The smallest absolute Gasteiger partial charge is 0.207 e. The first-order valence-corrected chi connectivity index (χ1v) is 24.2. The summed E-state index contributed by atoms with van der Waals surface area (Å²) >= 11 is 0. The van der Waals surface area contributed by atoms with E-state index in [0.29, 0.717) is 49.0 Å². The molecule has 4 saturated carbocycles. The van der Waals surface area contributed by atoms with E-state index in [0.717, 1.165) is 127 Å². The number of fused-ring (bicyclic) bond motifs is 4. The Labute approximate surface area is 376 Å². The highest BCUT2D eigenvalue weighted by atomic mass is 16.6. The number of nitrogens with zero attached hydrogens (tertiary/aromatic N) is 1. The fourth-order valence-corrected chi connectivity index (χ4v) is 12.1. The molecule has 6 N–H and O–H groups in total. The van der Waals surface area contributed by atoms with Crippen molar-refractivity contribution >= 4 is 17.4 Å². The van der Waals surface area contributed by atoms with Gasteiger partial charge in [-0.1, -0.05) is 76.4 Å². The lowest BCUT2D eigenvalue weighted by atomic mass is 9.65. The Balaban J connectivity index is 1.28. The van der Waals surface area contributed by atoms with Crippen LogP contribution in [0.1, 0.15) is 146 Å². The van der Waals surface area contributed by atoms with Gasteiger partial charge in [0.25, 0.3) is 0 Å². The highest BCUT2D eigenvalue weighted by Crippen LogP contribution is 2.54. The summed E-state index contributed by atoms with van der Waals surface area (Å²) < 4.78 is 18.7. The number of rotatable bonds is 15. The number of aliphatic imine (C=N–C) groups is 1. The molecule has 2 bridgehead atoms. The van der Waals surface area contributed by atoms with Gasteiger partial charge in [-0.3, -0.25) is 15.1 Å². The molecular formula is C52H74N4O7. The SMILES string of the molecule is CCCCC[C@@H]1/C=C/C(=O)[C@]2(Cc3ccc(O)c(OC)c3)CCC[C@H]2CC#CNC(=NC)Nc2cc(cc(O[C@]3(CNC)CC[C@@H](C[C@H](O)OC4CCCC4)C3)c2O)C12CCCC2. The third-order valence-electron chi connectivity index (χ3n) is 15.4. The summed E-state index contributed by atoms with van der Waals surface area (Å²) in [4.78, 5) is 19.6. The Kier molecular flexibility index (Phi) is 15.7. The molecule has 4 fully saturated rings. The van der Waals surface area contributed by atoms with Gasteiger partial charge in [-0.25, -0.2) is 0 Å². The molecule has 2 aromatic carbocycles. The highest BCUT2D eigenvalue weighted by molar-refractivity contribution is 5.97. The van der Waals surface area contributed by atoms with E-state index in [-0.39, 0.29) is 46.6 Å². The minimum absolute atomic E-state index is 0.0160. The second-order valence-electron chi connectivity index (χ2n) is 19.5. The largest absolute Gasteiger partial charge is 0.504 e. The van der Waals surface area contributed by atoms with Crippen molar-refractivity contribution in [2.75, 3.05) is 33.1 Å². The molecule has 4 aliphatic carbocycles. The summed E-state index contributed by atoms with van der Waals surface area (Å²) in [6, 6.07) is 12.7. The number of aliphatic hydroxyl groups excluding tert-OH is 1. The van der Waals surface area contributed by atoms with Crippen LogP contribution in [0.15, 0.2) is 47.5 Å². The summed E-state index contributed by atoms with van der Waals surface area (Å²) in [6.07, 6.45) is 22.7. The number of ether oxygens (including phenoxy) is 3. The number of hydrogen-bond acceptors (Lipinski definition) is 9. The second kappa shape index (κ2) is 21.2. The molecule has 0 saturated heterocycles. The predicted molar refractivity (Wildman–Crippen MR) is 249 cm³/mol. The number of carbonyl (C=O) groups is 1. The van der Waals surface area contributed by atoms with Crippen LogP contribution < -0.4 is 25.4 Å². The van der Waals surface area contributed by atoms with Crippen LogP contribution in [0.25, 0.3) is 0 Å². The number of phenols is 2. The quantitative estimate of drug-likeness (QED) is 0.0442. The molecule has 0 radical (unpaired) electrons. The minimum Gasteiger partial charge on any atom is -0.504 e. The molecule has 2 aromatic rings. The summed E-state index contributed by atoms with van der Waals surface area (Å²) in [7, 11) is 5.18. The molecule has 6 atom stereocenters. The number of likely N-dealkylation sites (N-methyl/N-ethyl adjacent to an activating group) is 1. The number of guanidine groups is 1. The van der Waals surface area contributed by atoms with Gasteiger partial charge in [-0.15, -0.1) is 0 Å². The maximum Gasteiger partial charge on any atom is 0.207 e. The van der Waals surface area contributed by atoms with E-state index >= 15 is 4.79 Å². The van der Waals surface area contributed by atoms with E-state index < -0.39 is 17.3 Å². The van der Waals surface area contributed by atoms with Crippen LogP contribution in [-0.2, 0) is 21.4 Å². The Morgan fingerprint density at radius 3 is 2.54 bits per heavy atom. The molecule has 7 rings (SSSR count). The Morgan fingerprint density at radius 2 is 1.79 bits per heavy atom. The van der Waals surface area contributed by atoms with E-state index in [1.54, 1.807) is 20.2 Å². The minimum atomic E-state index is -0.795. The number of aromatic hydroxyl groups is 2. The van der Waals surface area contributed by atoms with Crippen molar-refractivity contribution in [2.24, 2.45) is 28.2 Å². The van der Waals surface area contributed by atoms with Crippen molar-refractivity contribution in [3.63, 3.8) is 0 Å². The molecule has 11 nitrogen and oxygen atoms in total. The lowest BCUT2D eigenvalue weighted by Gasteiger charge is -2.39. The predicted octanol–water partition coefficient (Wildman–Crippen LogP) is 9.43. The Bertz CT molecular complexity index is 1990. The standard InChI is InChI=1S/C52H74N4O7/c1-5-6-7-14-39-20-22-46(58)52(34-36-19-21-43(57)44(29-36)61-4)26-12-15-38(52)16-13-28-55-49(54-3)56-42-31-40(51(39)24-10-11-25-51)32-45(48(42)60)63-50(35-53-2)27-23-37(33-50)30-47(59)62-41-17-8-9-18-41/h19-22,29,31-32,37-39,41,47,53,57,59-60H,5-12,14-18,23-27,30,33-35H2,1-4H3,(H2,54,55,56)/b22-20+/t37-,38-,39+,47+,50+,52-/m0/s1. The monoisotopic (exact) mass is 867 g/mol. The van der Waals surface area contributed by atoms with Gasteiger partial charge in [0, 0.05) is 43.3 Å². The molecule has 1 spiro atoms. The van der Waals surface area contributed by atoms with E-state index in [1.807, 2.05) is 25.3 Å². The average Bonchev–Trinajstić information content (AvgIpc) is 4.12. The maximum absolute atomic E-state index is 15.1. The van der Waals surface area contributed by atoms with Crippen molar-refractivity contribution in [2.45, 2.75) is 165 Å². The number of unbranched alkanes of at least 4 members (excludes halogenated alkanes) is 2. The summed E-state index contributed by atoms with van der Waals surface area (Å²) in [5.41, 5.74) is 0.970. The van der Waals surface area contributed by atoms with Gasteiger partial charge in [-0.05, 0) is 137 Å². The number of carbonyl (C=O) groups excluding carboxylic acids is 1. The van der Waals surface area contributed by atoms with Crippen molar-refractivity contribution in [3.8, 4) is 35.0 Å². The third kappa shape index (κ3) is 10.7. The molecule has 0 aromatic heterocycles. The normalized spacial score (nSPS) is 28.9. The third-order valence-corrected chi connectivity index (χ3v) is 15.4. The first-order chi connectivity index (χ1) is 30.6. The average molecular weight is 867 g/mol. The fourth-order valence-electron chi connectivity index (χ4n) is 12.1. The van der Waals surface area contributed by atoms with Crippen molar-refractivity contribution in [3.05, 3.63) is 53.6 Å². The van der Waals surface area contributed by atoms with Crippen LogP contribution in [0, 0.1) is 35.1 Å². The van der Waals surface area contributed by atoms with Crippen LogP contribution in [0.5, 0.6) is 23.0 Å². The number of anilines is 1.